The molecule has 0 radical (unpaired) electrons. The summed E-state index contributed by atoms with van der Waals surface area (Å²) in [4.78, 5) is 17.4. The van der Waals surface area contributed by atoms with Gasteiger partial charge in [0.25, 0.3) is 5.65 Å². The van der Waals surface area contributed by atoms with Crippen LogP contribution in [0.3, 0.4) is 0 Å². The molecule has 1 amide bonds. The first-order chi connectivity index (χ1) is 11.8. The standard InChI is InChI=1S/C21H18NOP/c1-17(18-11-5-2-6-12-18)22-21(23)24(19-13-7-3-8-14-19)20-15-9-4-10-16-20/h2-16H,1H3. The zero-order chi connectivity index (χ0) is 16.8. The fourth-order valence-corrected chi connectivity index (χ4v) is 4.39. The number of hydrogen-bond donors (Lipinski definition) is 0. The summed E-state index contributed by atoms with van der Waals surface area (Å²) in [6, 6.07) is 29.6. The summed E-state index contributed by atoms with van der Waals surface area (Å²) in [5, 5.41) is 2.04. The molecule has 2 nitrogen and oxygen atoms in total. The van der Waals surface area contributed by atoms with E-state index in [4.69, 9.17) is 0 Å². The second-order valence-corrected chi connectivity index (χ2v) is 7.44. The minimum absolute atomic E-state index is 0.0799. The van der Waals surface area contributed by atoms with Crippen molar-refractivity contribution in [1.29, 1.82) is 0 Å². The molecule has 118 valence electrons. The number of aliphatic imine (C=N–C) groups is 1. The Morgan fingerprint density at radius 2 is 1.12 bits per heavy atom. The van der Waals surface area contributed by atoms with E-state index >= 15 is 0 Å². The van der Waals surface area contributed by atoms with Gasteiger partial charge in [-0.25, -0.2) is 4.99 Å². The van der Waals surface area contributed by atoms with Gasteiger partial charge in [-0.2, -0.15) is 0 Å². The van der Waals surface area contributed by atoms with Crippen LogP contribution in [0.2, 0.25) is 0 Å². The van der Waals surface area contributed by atoms with E-state index in [1.807, 2.05) is 97.9 Å². The Balaban J connectivity index is 1.99. The molecule has 0 aliphatic rings. The first-order valence-electron chi connectivity index (χ1n) is 7.80. The predicted octanol–water partition coefficient (Wildman–Crippen LogP) is 4.75. The van der Waals surface area contributed by atoms with Crippen molar-refractivity contribution >= 4 is 29.9 Å². The average molecular weight is 331 g/mol. The van der Waals surface area contributed by atoms with E-state index in [1.165, 1.54) is 0 Å². The Morgan fingerprint density at radius 1 is 0.708 bits per heavy atom. The van der Waals surface area contributed by atoms with Crippen LogP contribution < -0.4 is 10.6 Å². The number of carbonyl (C=O) groups is 1. The number of carbonyl (C=O) groups excluding carboxylic acids is 1. The minimum atomic E-state index is -1.16. The highest BCUT2D eigenvalue weighted by molar-refractivity contribution is 7.87. The zero-order valence-corrected chi connectivity index (χ0v) is 14.4. The largest absolute Gasteiger partial charge is 0.275 e. The molecule has 0 saturated carbocycles. The molecule has 0 unspecified atom stereocenters. The normalized spacial score (nSPS) is 11.5. The van der Waals surface area contributed by atoms with Gasteiger partial charge in [-0.05, 0) is 23.1 Å². The Kier molecular flexibility index (Phi) is 5.30. The van der Waals surface area contributed by atoms with Gasteiger partial charge in [0.1, 0.15) is 0 Å². The number of nitrogens with zero attached hydrogens (tertiary/aromatic N) is 1. The van der Waals surface area contributed by atoms with Crippen molar-refractivity contribution in [3.63, 3.8) is 0 Å². The molecule has 0 spiro atoms. The average Bonchev–Trinajstić information content (AvgIpc) is 2.64. The molecular formula is C21H18NOP. The van der Waals surface area contributed by atoms with Gasteiger partial charge in [0, 0.05) is 5.71 Å². The van der Waals surface area contributed by atoms with Crippen LogP contribution in [0, 0.1) is 0 Å². The van der Waals surface area contributed by atoms with Crippen LogP contribution in [0.25, 0.3) is 0 Å². The van der Waals surface area contributed by atoms with Crippen molar-refractivity contribution in [3.8, 4) is 0 Å². The van der Waals surface area contributed by atoms with Crippen LogP contribution in [-0.4, -0.2) is 11.4 Å². The first-order valence-corrected chi connectivity index (χ1v) is 9.15. The van der Waals surface area contributed by atoms with E-state index in [1.54, 1.807) is 0 Å². The molecule has 0 atom stereocenters. The highest BCUT2D eigenvalue weighted by Gasteiger charge is 2.22. The Morgan fingerprint density at radius 3 is 1.58 bits per heavy atom. The smallest absolute Gasteiger partial charge is 0.267 e. The van der Waals surface area contributed by atoms with Gasteiger partial charge in [-0.15, -0.1) is 0 Å². The third-order valence-corrected chi connectivity index (χ3v) is 5.79. The summed E-state index contributed by atoms with van der Waals surface area (Å²) in [7, 11) is -1.16. The van der Waals surface area contributed by atoms with Crippen molar-refractivity contribution in [2.75, 3.05) is 0 Å². The minimum Gasteiger partial charge on any atom is -0.267 e. The maximum Gasteiger partial charge on any atom is 0.275 e. The third kappa shape index (κ3) is 3.84. The number of amides is 1. The van der Waals surface area contributed by atoms with E-state index in [0.717, 1.165) is 21.9 Å². The summed E-state index contributed by atoms with van der Waals surface area (Å²) >= 11 is 0. The monoisotopic (exact) mass is 331 g/mol. The molecule has 0 bridgehead atoms. The number of hydrogen-bond acceptors (Lipinski definition) is 1. The van der Waals surface area contributed by atoms with Crippen LogP contribution in [0.15, 0.2) is 96.0 Å². The number of benzene rings is 3. The zero-order valence-electron chi connectivity index (χ0n) is 13.5. The highest BCUT2D eigenvalue weighted by Crippen LogP contribution is 2.36. The predicted molar refractivity (Wildman–Crippen MR) is 103 cm³/mol. The summed E-state index contributed by atoms with van der Waals surface area (Å²) in [6.07, 6.45) is 0. The van der Waals surface area contributed by atoms with Crippen LogP contribution in [-0.2, 0) is 0 Å². The summed E-state index contributed by atoms with van der Waals surface area (Å²) in [5.41, 5.74) is 1.64. The van der Waals surface area contributed by atoms with E-state index in [-0.39, 0.29) is 5.65 Å². The second-order valence-electron chi connectivity index (χ2n) is 5.35. The maximum atomic E-state index is 13.0. The van der Waals surface area contributed by atoms with Crippen molar-refractivity contribution in [2.24, 2.45) is 4.99 Å². The van der Waals surface area contributed by atoms with Gasteiger partial charge >= 0.3 is 0 Å². The lowest BCUT2D eigenvalue weighted by atomic mass is 10.1. The molecule has 3 heteroatoms. The van der Waals surface area contributed by atoms with Gasteiger partial charge < -0.3 is 0 Å². The SMILES string of the molecule is CC(=NC(=O)P(c1ccccc1)c1ccccc1)c1ccccc1. The fourth-order valence-electron chi connectivity index (χ4n) is 2.46. The fraction of sp³-hybridized carbons (Fsp3) is 0.0476. The summed E-state index contributed by atoms with van der Waals surface area (Å²) < 4.78 is 0. The summed E-state index contributed by atoms with van der Waals surface area (Å²) in [6.45, 7) is 1.89. The lowest BCUT2D eigenvalue weighted by Crippen LogP contribution is -2.16. The van der Waals surface area contributed by atoms with E-state index in [9.17, 15) is 4.79 Å². The molecule has 0 saturated heterocycles. The van der Waals surface area contributed by atoms with Crippen molar-refractivity contribution in [1.82, 2.24) is 0 Å². The van der Waals surface area contributed by atoms with E-state index < -0.39 is 7.92 Å². The molecular weight excluding hydrogens is 313 g/mol. The highest BCUT2D eigenvalue weighted by atomic mass is 31.1. The Labute approximate surface area is 143 Å². The third-order valence-electron chi connectivity index (χ3n) is 3.67. The molecule has 3 rings (SSSR count). The topological polar surface area (TPSA) is 29.4 Å². The molecule has 3 aromatic rings. The van der Waals surface area contributed by atoms with Gasteiger partial charge in [0.05, 0.1) is 7.92 Å². The van der Waals surface area contributed by atoms with Gasteiger partial charge in [0.2, 0.25) is 0 Å². The van der Waals surface area contributed by atoms with Gasteiger partial charge in [0.15, 0.2) is 0 Å². The first kappa shape index (κ1) is 16.3. The molecule has 0 fully saturated rings. The Hall–Kier alpha value is -2.57. The van der Waals surface area contributed by atoms with Crippen LogP contribution >= 0.6 is 7.92 Å². The maximum absolute atomic E-state index is 13.0. The molecule has 0 aliphatic carbocycles. The van der Waals surface area contributed by atoms with Crippen LogP contribution in [0.1, 0.15) is 12.5 Å². The lowest BCUT2D eigenvalue weighted by Gasteiger charge is -2.15. The lowest BCUT2D eigenvalue weighted by molar-refractivity contribution is 0.267. The van der Waals surface area contributed by atoms with Gasteiger partial charge in [-0.3, -0.25) is 4.79 Å². The molecule has 3 aromatic carbocycles. The molecule has 0 heterocycles. The van der Waals surface area contributed by atoms with Crippen LogP contribution in [0.4, 0.5) is 4.79 Å². The van der Waals surface area contributed by atoms with Crippen molar-refractivity contribution < 1.29 is 4.79 Å². The molecule has 0 aliphatic heterocycles. The molecule has 0 aromatic heterocycles. The second kappa shape index (κ2) is 7.81. The van der Waals surface area contributed by atoms with Crippen LogP contribution in [0.5, 0.6) is 0 Å². The van der Waals surface area contributed by atoms with Crippen molar-refractivity contribution in [3.05, 3.63) is 96.6 Å². The molecule has 24 heavy (non-hydrogen) atoms. The van der Waals surface area contributed by atoms with E-state index in [2.05, 4.69) is 4.99 Å². The van der Waals surface area contributed by atoms with Crippen molar-refractivity contribution in [2.45, 2.75) is 6.92 Å². The van der Waals surface area contributed by atoms with E-state index in [0.29, 0.717) is 0 Å². The van der Waals surface area contributed by atoms with Gasteiger partial charge in [-0.1, -0.05) is 91.0 Å². The quantitative estimate of drug-likeness (QED) is 0.501. The number of rotatable bonds is 4. The summed E-state index contributed by atoms with van der Waals surface area (Å²) in [5.74, 6) is 0. The molecule has 0 N–H and O–H groups in total. The Bertz CT molecular complexity index is 790.